The summed E-state index contributed by atoms with van der Waals surface area (Å²) in [4.78, 5) is 24.4. The van der Waals surface area contributed by atoms with Crippen LogP contribution >= 0.6 is 0 Å². The van der Waals surface area contributed by atoms with Crippen molar-refractivity contribution >= 4 is 11.6 Å². The molecule has 0 fully saturated rings. The maximum Gasteiger partial charge on any atom is 0.271 e. The van der Waals surface area contributed by atoms with Crippen LogP contribution in [0.5, 0.6) is 0 Å². The number of benzene rings is 3. The van der Waals surface area contributed by atoms with Crippen LogP contribution < -0.4 is 5.32 Å². The number of aryl methyl sites for hydroxylation is 1. The number of carbonyl (C=O) groups is 1. The van der Waals surface area contributed by atoms with E-state index in [1.165, 1.54) is 27.9 Å². The Morgan fingerprint density at radius 2 is 1.61 bits per heavy atom. The molecule has 0 aliphatic heterocycles. The van der Waals surface area contributed by atoms with Crippen molar-refractivity contribution in [3.05, 3.63) is 136 Å². The van der Waals surface area contributed by atoms with E-state index in [-0.39, 0.29) is 17.5 Å². The van der Waals surface area contributed by atoms with Gasteiger partial charge in [-0.1, -0.05) is 66.7 Å². The number of nitrogens with zero attached hydrogens (tertiary/aromatic N) is 4. The maximum atomic E-state index is 13.5. The van der Waals surface area contributed by atoms with E-state index in [0.29, 0.717) is 30.0 Å². The highest BCUT2D eigenvalue weighted by Crippen LogP contribution is 2.28. The minimum absolute atomic E-state index is 0.0710. The fraction of sp³-hybridized carbons (Fsp3) is 0.133. The van der Waals surface area contributed by atoms with Gasteiger partial charge >= 0.3 is 0 Å². The highest BCUT2D eigenvalue weighted by atomic mass is 16.6. The maximum absolute atomic E-state index is 13.5. The predicted octanol–water partition coefficient (Wildman–Crippen LogP) is 5.74. The van der Waals surface area contributed by atoms with E-state index in [1.807, 2.05) is 66.3 Å². The Bertz CT molecular complexity index is 1520. The number of non-ortho nitro benzene ring substituents is 1. The lowest BCUT2D eigenvalue weighted by molar-refractivity contribution is -0.384. The molecule has 38 heavy (non-hydrogen) atoms. The molecular formula is C30H27N5O3. The Morgan fingerprint density at radius 1 is 0.921 bits per heavy atom. The molecule has 0 radical (unpaired) electrons. The van der Waals surface area contributed by atoms with Crippen molar-refractivity contribution in [2.75, 3.05) is 6.54 Å². The zero-order chi connectivity index (χ0) is 26.5. The first-order chi connectivity index (χ1) is 18.5. The highest BCUT2D eigenvalue weighted by molar-refractivity contribution is 5.94. The average Bonchev–Trinajstić information content (AvgIpc) is 3.58. The van der Waals surface area contributed by atoms with Gasteiger partial charge in [0.25, 0.3) is 11.6 Å². The Kier molecular flexibility index (Phi) is 7.13. The normalized spacial score (nSPS) is 11.0. The molecule has 0 aliphatic rings. The summed E-state index contributed by atoms with van der Waals surface area (Å²) in [6, 6.07) is 32.1. The summed E-state index contributed by atoms with van der Waals surface area (Å²) in [7, 11) is 1.90. The second-order valence-corrected chi connectivity index (χ2v) is 9.03. The first-order valence-electron chi connectivity index (χ1n) is 12.4. The third-order valence-corrected chi connectivity index (χ3v) is 6.56. The molecule has 0 saturated heterocycles. The number of hydrogen-bond donors (Lipinski definition) is 1. The molecule has 8 heteroatoms. The molecule has 2 heterocycles. The van der Waals surface area contributed by atoms with Crippen LogP contribution in [0.4, 0.5) is 5.69 Å². The second-order valence-electron chi connectivity index (χ2n) is 9.03. The molecule has 5 rings (SSSR count). The lowest BCUT2D eigenvalue weighted by Gasteiger charge is -2.18. The van der Waals surface area contributed by atoms with Gasteiger partial charge in [-0.05, 0) is 41.8 Å². The molecule has 8 nitrogen and oxygen atoms in total. The molecule has 0 unspecified atom stereocenters. The Hall–Kier alpha value is -4.98. The van der Waals surface area contributed by atoms with Crippen LogP contribution in [0.15, 0.2) is 109 Å². The van der Waals surface area contributed by atoms with Gasteiger partial charge in [-0.25, -0.2) is 4.68 Å². The van der Waals surface area contributed by atoms with E-state index in [0.717, 1.165) is 5.69 Å². The summed E-state index contributed by atoms with van der Waals surface area (Å²) in [6.07, 6.45) is 2.60. The summed E-state index contributed by atoms with van der Waals surface area (Å²) >= 11 is 0. The number of nitrogens with one attached hydrogen (secondary N) is 1. The number of aromatic nitrogens is 3. The van der Waals surface area contributed by atoms with Crippen LogP contribution in [0.25, 0.3) is 17.1 Å². The monoisotopic (exact) mass is 505 g/mol. The summed E-state index contributed by atoms with van der Waals surface area (Å²) in [6.45, 7) is 0.437. The predicted molar refractivity (Wildman–Crippen MR) is 146 cm³/mol. The Balaban J connectivity index is 1.42. The third kappa shape index (κ3) is 5.24. The van der Waals surface area contributed by atoms with Gasteiger partial charge in [0.1, 0.15) is 11.4 Å². The molecule has 190 valence electrons. The van der Waals surface area contributed by atoms with Gasteiger partial charge in [0.15, 0.2) is 0 Å². The fourth-order valence-corrected chi connectivity index (χ4v) is 4.65. The zero-order valence-corrected chi connectivity index (χ0v) is 20.9. The molecule has 1 amide bonds. The number of rotatable bonds is 9. The van der Waals surface area contributed by atoms with Crippen molar-refractivity contribution in [3.63, 3.8) is 0 Å². The number of nitro benzene ring substituents is 1. The van der Waals surface area contributed by atoms with Crippen molar-refractivity contribution in [2.24, 2.45) is 7.05 Å². The quantitative estimate of drug-likeness (QED) is 0.204. The molecule has 1 N–H and O–H groups in total. The van der Waals surface area contributed by atoms with Crippen LogP contribution in [0.1, 0.15) is 34.0 Å². The first-order valence-corrected chi connectivity index (χ1v) is 12.4. The van der Waals surface area contributed by atoms with E-state index in [2.05, 4.69) is 34.7 Å². The van der Waals surface area contributed by atoms with Crippen molar-refractivity contribution in [1.82, 2.24) is 19.7 Å². The Morgan fingerprint density at radius 3 is 2.21 bits per heavy atom. The molecule has 0 aliphatic carbocycles. The summed E-state index contributed by atoms with van der Waals surface area (Å²) in [5.41, 5.74) is 4.46. The van der Waals surface area contributed by atoms with E-state index in [1.54, 1.807) is 18.2 Å². The smallest absolute Gasteiger partial charge is 0.271 e. The number of carbonyl (C=O) groups excluding carboxylic acids is 1. The number of nitro groups is 1. The van der Waals surface area contributed by atoms with Crippen molar-refractivity contribution in [2.45, 2.75) is 12.3 Å². The van der Waals surface area contributed by atoms with Gasteiger partial charge in [-0.2, -0.15) is 5.10 Å². The minimum atomic E-state index is -0.460. The van der Waals surface area contributed by atoms with Crippen molar-refractivity contribution < 1.29 is 9.72 Å². The van der Waals surface area contributed by atoms with Gasteiger partial charge < -0.3 is 9.88 Å². The number of hydrogen-bond acceptors (Lipinski definition) is 4. The first kappa shape index (κ1) is 24.7. The molecule has 0 atom stereocenters. The van der Waals surface area contributed by atoms with Crippen molar-refractivity contribution in [3.8, 4) is 17.1 Å². The second kappa shape index (κ2) is 11.0. The van der Waals surface area contributed by atoms with Crippen LogP contribution in [0, 0.1) is 10.1 Å². The van der Waals surface area contributed by atoms with Gasteiger partial charge in [0.05, 0.1) is 16.3 Å². The topological polar surface area (TPSA) is 95.0 Å². The molecule has 0 bridgehead atoms. The van der Waals surface area contributed by atoms with Crippen molar-refractivity contribution in [1.29, 1.82) is 0 Å². The van der Waals surface area contributed by atoms with E-state index in [4.69, 9.17) is 0 Å². The minimum Gasteiger partial charge on any atom is -0.351 e. The molecule has 0 spiro atoms. The fourth-order valence-electron chi connectivity index (χ4n) is 4.65. The highest BCUT2D eigenvalue weighted by Gasteiger charge is 2.21. The molecule has 3 aromatic carbocycles. The largest absolute Gasteiger partial charge is 0.351 e. The van der Waals surface area contributed by atoms with Gasteiger partial charge in [-0.3, -0.25) is 14.9 Å². The molecule has 0 saturated carbocycles. The average molecular weight is 506 g/mol. The van der Waals surface area contributed by atoms with Crippen LogP contribution in [-0.2, 0) is 7.05 Å². The Labute approximate surface area is 220 Å². The summed E-state index contributed by atoms with van der Waals surface area (Å²) in [5.74, 6) is -0.178. The lowest BCUT2D eigenvalue weighted by Crippen LogP contribution is -2.28. The van der Waals surface area contributed by atoms with E-state index < -0.39 is 4.92 Å². The van der Waals surface area contributed by atoms with Crippen LogP contribution in [0.3, 0.4) is 0 Å². The molecule has 5 aromatic rings. The van der Waals surface area contributed by atoms with Crippen LogP contribution in [-0.4, -0.2) is 31.7 Å². The summed E-state index contributed by atoms with van der Waals surface area (Å²) in [5, 5.41) is 19.1. The number of amides is 1. The zero-order valence-electron chi connectivity index (χ0n) is 20.9. The standard InChI is InChI=1S/C30H27N5O3/c1-33-19-9-16-28(33)27-21-29(34(32-27)24-14-8-15-25(20-24)35(37)38)30(36)31-18-17-26(22-10-4-2-5-11-22)23-12-6-3-7-13-23/h2-16,19-21,26H,17-18H2,1H3,(H,31,36). The third-order valence-electron chi connectivity index (χ3n) is 6.56. The van der Waals surface area contributed by atoms with Gasteiger partial charge in [0.2, 0.25) is 0 Å². The van der Waals surface area contributed by atoms with E-state index in [9.17, 15) is 14.9 Å². The molecular weight excluding hydrogens is 478 g/mol. The van der Waals surface area contributed by atoms with Gasteiger partial charge in [-0.15, -0.1) is 0 Å². The summed E-state index contributed by atoms with van der Waals surface area (Å²) < 4.78 is 3.38. The van der Waals surface area contributed by atoms with Gasteiger partial charge in [0, 0.05) is 37.8 Å². The lowest BCUT2D eigenvalue weighted by atomic mass is 9.88. The van der Waals surface area contributed by atoms with E-state index >= 15 is 0 Å². The van der Waals surface area contributed by atoms with Crippen LogP contribution in [0.2, 0.25) is 0 Å². The SMILES string of the molecule is Cn1cccc1-c1cc(C(=O)NCCC(c2ccccc2)c2ccccc2)n(-c2cccc([N+](=O)[O-])c2)n1. The molecule has 2 aromatic heterocycles.